The summed E-state index contributed by atoms with van der Waals surface area (Å²) in [5.74, 6) is -0.935. The summed E-state index contributed by atoms with van der Waals surface area (Å²) in [6.07, 6.45) is -5.25. The highest BCUT2D eigenvalue weighted by Gasteiger charge is 2.44. The maximum Gasteiger partial charge on any atom is 0.573 e. The molecule has 1 fully saturated rings. The summed E-state index contributed by atoms with van der Waals surface area (Å²) in [6.45, 7) is 0.152. The molecule has 3 aromatic rings. The van der Waals surface area contributed by atoms with Gasteiger partial charge in [-0.15, -0.1) is 13.2 Å². The second-order valence-electron chi connectivity index (χ2n) is 8.47. The van der Waals surface area contributed by atoms with Gasteiger partial charge in [0.15, 0.2) is 0 Å². The van der Waals surface area contributed by atoms with Gasteiger partial charge in [0.1, 0.15) is 41.9 Å². The molecule has 2 heterocycles. The topological polar surface area (TPSA) is 178 Å². The van der Waals surface area contributed by atoms with Crippen LogP contribution < -0.4 is 14.8 Å². The number of aliphatic hydroxyl groups is 2. The van der Waals surface area contributed by atoms with Gasteiger partial charge in [-0.25, -0.2) is 9.97 Å². The van der Waals surface area contributed by atoms with Crippen LogP contribution in [-0.2, 0) is 21.0 Å². The van der Waals surface area contributed by atoms with Gasteiger partial charge in [0, 0.05) is 25.9 Å². The van der Waals surface area contributed by atoms with E-state index in [0.29, 0.717) is 5.56 Å². The van der Waals surface area contributed by atoms with Gasteiger partial charge < -0.3 is 20.3 Å². The molecule has 0 aliphatic heterocycles. The number of halogens is 3. The average molecular weight is 573 g/mol. The van der Waals surface area contributed by atoms with Crippen molar-refractivity contribution in [3.63, 3.8) is 0 Å². The molecule has 4 N–H and O–H groups in total. The highest BCUT2D eigenvalue weighted by Crippen LogP contribution is 2.28. The molecule has 1 aromatic carbocycles. The molecule has 0 unspecified atom stereocenters. The van der Waals surface area contributed by atoms with Crippen LogP contribution in [0.4, 0.5) is 19.0 Å². The molecule has 0 bridgehead atoms. The fourth-order valence-electron chi connectivity index (χ4n) is 3.92. The highest BCUT2D eigenvalue weighted by atomic mass is 32.2. The summed E-state index contributed by atoms with van der Waals surface area (Å²) >= 11 is 0. The predicted molar refractivity (Wildman–Crippen MR) is 127 cm³/mol. The summed E-state index contributed by atoms with van der Waals surface area (Å²) in [7, 11) is -3.00. The molecule has 1 aliphatic rings. The zero-order valence-electron chi connectivity index (χ0n) is 20.1. The van der Waals surface area contributed by atoms with E-state index in [1.165, 1.54) is 35.3 Å². The highest BCUT2D eigenvalue weighted by molar-refractivity contribution is 7.84. The lowest BCUT2D eigenvalue weighted by Crippen LogP contribution is -2.38. The van der Waals surface area contributed by atoms with E-state index < -0.39 is 46.8 Å². The minimum absolute atomic E-state index is 0.00898. The Hall–Kier alpha value is -3.64. The van der Waals surface area contributed by atoms with Crippen molar-refractivity contribution in [2.75, 3.05) is 12.4 Å². The van der Waals surface area contributed by atoms with Crippen LogP contribution in [0.25, 0.3) is 0 Å². The number of hydrogen-bond acceptors (Lipinski definition) is 11. The number of aliphatic hydroxyl groups excluding tert-OH is 2. The van der Waals surface area contributed by atoms with Crippen LogP contribution in [0, 0.1) is 0 Å². The number of nitrogens with one attached hydrogen (secondary N) is 2. The van der Waals surface area contributed by atoms with Gasteiger partial charge in [-0.05, 0) is 23.8 Å². The van der Waals surface area contributed by atoms with Gasteiger partial charge >= 0.3 is 16.7 Å². The van der Waals surface area contributed by atoms with Gasteiger partial charge in [-0.3, -0.25) is 13.7 Å². The first-order valence-corrected chi connectivity index (χ1v) is 12.7. The van der Waals surface area contributed by atoms with E-state index in [2.05, 4.69) is 25.1 Å². The predicted octanol–water partition coefficient (Wildman–Crippen LogP) is 0.606. The molecule has 17 heteroatoms. The summed E-state index contributed by atoms with van der Waals surface area (Å²) in [5, 5.41) is 27.7. The number of alkyl halides is 3. The third-order valence-corrected chi connectivity index (χ3v) is 6.78. The molecule has 0 amide bonds. The molecule has 4 atom stereocenters. The first-order chi connectivity index (χ1) is 18.3. The Labute approximate surface area is 219 Å². The summed E-state index contributed by atoms with van der Waals surface area (Å²) in [6, 6.07) is 5.70. The number of benzene rings is 1. The van der Waals surface area contributed by atoms with Crippen molar-refractivity contribution < 1.29 is 45.5 Å². The van der Waals surface area contributed by atoms with Gasteiger partial charge in [-0.1, -0.05) is 12.1 Å². The molecular weight excluding hydrogens is 549 g/mol. The SMILES string of the molecule is CNS(=O)(=O)O[C@@H]1C[C@@H](Nc2ncncc2C(=O)c2ccn(Cc3ccc(OC(F)(F)F)cc3)n2)[C@H](O)[C@H]1O. The molecule has 1 saturated carbocycles. The third kappa shape index (κ3) is 7.07. The average Bonchev–Trinajstić information content (AvgIpc) is 3.44. The smallest absolute Gasteiger partial charge is 0.406 e. The largest absolute Gasteiger partial charge is 0.573 e. The zero-order valence-corrected chi connectivity index (χ0v) is 20.9. The second-order valence-corrected chi connectivity index (χ2v) is 9.97. The van der Waals surface area contributed by atoms with Gasteiger partial charge in [0.05, 0.1) is 18.2 Å². The number of rotatable bonds is 10. The lowest BCUT2D eigenvalue weighted by atomic mass is 10.1. The Bertz CT molecular complexity index is 1420. The Morgan fingerprint density at radius 2 is 1.90 bits per heavy atom. The molecular formula is C22H23F3N6O7S. The number of carbonyl (C=O) groups excluding carboxylic acids is 1. The first-order valence-electron chi connectivity index (χ1n) is 11.3. The van der Waals surface area contributed by atoms with Crippen LogP contribution >= 0.6 is 0 Å². The first kappa shape index (κ1) is 28.4. The Kier molecular flexibility index (Phi) is 8.17. The van der Waals surface area contributed by atoms with Crippen molar-refractivity contribution in [3.05, 3.63) is 65.9 Å². The van der Waals surface area contributed by atoms with Crippen molar-refractivity contribution >= 4 is 21.9 Å². The van der Waals surface area contributed by atoms with E-state index in [1.54, 1.807) is 0 Å². The standard InChI is InChI=1S/C22H23F3N6O7S/c1-26-39(35,36)38-17-8-16(19(33)20(17)34)29-21-14(9-27-11-28-21)18(32)15-6-7-31(30-15)10-12-2-4-13(5-3-12)37-22(23,24)25/h2-7,9,11,16-17,19-20,26,33-34H,8,10H2,1H3,(H,27,28,29)/t16-,17-,19+,20+/m1/s1. The van der Waals surface area contributed by atoms with E-state index in [0.717, 1.165) is 25.5 Å². The van der Waals surface area contributed by atoms with Crippen molar-refractivity contribution in [1.82, 2.24) is 24.5 Å². The number of aromatic nitrogens is 4. The zero-order chi connectivity index (χ0) is 28.4. The number of ketones is 1. The fraction of sp³-hybridized carbons (Fsp3) is 0.364. The van der Waals surface area contributed by atoms with Crippen LogP contribution in [0.3, 0.4) is 0 Å². The van der Waals surface area contributed by atoms with Crippen LogP contribution in [-0.4, -0.2) is 81.9 Å². The van der Waals surface area contributed by atoms with Gasteiger partial charge in [0.2, 0.25) is 5.78 Å². The lowest BCUT2D eigenvalue weighted by molar-refractivity contribution is -0.274. The van der Waals surface area contributed by atoms with Crippen LogP contribution in [0.2, 0.25) is 0 Å². The van der Waals surface area contributed by atoms with Gasteiger partial charge in [-0.2, -0.15) is 18.2 Å². The summed E-state index contributed by atoms with van der Waals surface area (Å²) in [5.41, 5.74) is 0.603. The maximum atomic E-state index is 13.2. The van der Waals surface area contributed by atoms with Crippen molar-refractivity contribution in [2.24, 2.45) is 0 Å². The minimum atomic E-state index is -4.80. The van der Waals surface area contributed by atoms with Crippen molar-refractivity contribution in [3.8, 4) is 5.75 Å². The fourth-order valence-corrected chi connectivity index (χ4v) is 4.53. The molecule has 4 rings (SSSR count). The molecule has 0 saturated heterocycles. The maximum absolute atomic E-state index is 13.2. The van der Waals surface area contributed by atoms with Crippen LogP contribution in [0.15, 0.2) is 49.1 Å². The molecule has 39 heavy (non-hydrogen) atoms. The van der Waals surface area contributed by atoms with Crippen LogP contribution in [0.5, 0.6) is 5.75 Å². The Balaban J connectivity index is 1.45. The Morgan fingerprint density at radius 3 is 2.56 bits per heavy atom. The number of carbonyl (C=O) groups is 1. The monoisotopic (exact) mass is 572 g/mol. The number of nitrogens with zero attached hydrogens (tertiary/aromatic N) is 4. The quantitative estimate of drug-likeness (QED) is 0.250. The number of ether oxygens (including phenoxy) is 1. The molecule has 13 nitrogen and oxygen atoms in total. The lowest BCUT2D eigenvalue weighted by Gasteiger charge is -2.19. The van der Waals surface area contributed by atoms with Crippen LogP contribution in [0.1, 0.15) is 28.0 Å². The van der Waals surface area contributed by atoms with E-state index in [4.69, 9.17) is 4.18 Å². The normalized spacial score (nSPS) is 21.6. The molecule has 0 radical (unpaired) electrons. The van der Waals surface area contributed by atoms with E-state index in [9.17, 15) is 36.6 Å². The minimum Gasteiger partial charge on any atom is -0.406 e. The van der Waals surface area contributed by atoms with Gasteiger partial charge in [0.25, 0.3) is 0 Å². The van der Waals surface area contributed by atoms with E-state index in [-0.39, 0.29) is 35.8 Å². The molecule has 2 aromatic heterocycles. The third-order valence-electron chi connectivity index (χ3n) is 5.78. The number of hydrogen-bond donors (Lipinski definition) is 4. The van der Waals surface area contributed by atoms with Crippen molar-refractivity contribution in [2.45, 2.75) is 43.7 Å². The molecule has 1 aliphatic carbocycles. The molecule has 210 valence electrons. The summed E-state index contributed by atoms with van der Waals surface area (Å²) < 4.78 is 72.5. The van der Waals surface area contributed by atoms with Crippen molar-refractivity contribution in [1.29, 1.82) is 0 Å². The van der Waals surface area contributed by atoms with E-state index >= 15 is 0 Å². The Morgan fingerprint density at radius 1 is 1.18 bits per heavy atom. The number of anilines is 1. The molecule has 0 spiro atoms. The van der Waals surface area contributed by atoms with E-state index in [1.807, 2.05) is 4.72 Å². The second kappa shape index (κ2) is 11.2. The summed E-state index contributed by atoms with van der Waals surface area (Å²) in [4.78, 5) is 21.1.